The Kier molecular flexibility index (Phi) is 17.1. The molecule has 9 nitrogen and oxygen atoms in total. The Bertz CT molecular complexity index is 2280. The van der Waals surface area contributed by atoms with E-state index in [0.29, 0.717) is 14.2 Å². The molecule has 0 spiro atoms. The Labute approximate surface area is 355 Å². The van der Waals surface area contributed by atoms with Gasteiger partial charge in [-0.2, -0.15) is 0 Å². The summed E-state index contributed by atoms with van der Waals surface area (Å²) in [6.07, 6.45) is -4.44. The van der Waals surface area contributed by atoms with Crippen molar-refractivity contribution in [3.05, 3.63) is 139 Å². The molecule has 0 amide bonds. The van der Waals surface area contributed by atoms with E-state index in [-0.39, 0.29) is 7.11 Å². The maximum atomic E-state index is 16.6. The molecule has 0 saturated heterocycles. The Morgan fingerprint density at radius 3 is 0.924 bits per heavy atom. The molecule has 4 aromatic carbocycles. The SMILES string of the molecule is COCC(OC)OB(OC(COC)OC)OC(OCc1c(F)c(F)c(F)c(F)c1F)(c1c(F)c(F)c(F)c(F)c1F)C(OC)(c1c(F)c(F)c(F)c(F)c1F)c1c(F)c(F)c(F)c(F)c1F. The van der Waals surface area contributed by atoms with Crippen molar-refractivity contribution >= 4 is 7.32 Å². The van der Waals surface area contributed by atoms with Crippen LogP contribution in [-0.2, 0) is 60.4 Å². The van der Waals surface area contributed by atoms with Gasteiger partial charge in [0, 0.05) is 35.5 Å². The fourth-order valence-corrected chi connectivity index (χ4v) is 6.06. The van der Waals surface area contributed by atoms with Crippen LogP contribution in [-0.4, -0.2) is 68.7 Å². The third-order valence-corrected chi connectivity index (χ3v) is 9.07. The predicted octanol–water partition coefficient (Wildman–Crippen LogP) is 8.70. The quantitative estimate of drug-likeness (QED) is 0.0284. The van der Waals surface area contributed by atoms with Crippen molar-refractivity contribution in [2.75, 3.05) is 48.8 Å². The summed E-state index contributed by atoms with van der Waals surface area (Å²) in [6, 6.07) is 0. The van der Waals surface area contributed by atoms with Gasteiger partial charge in [0.2, 0.25) is 29.1 Å². The van der Waals surface area contributed by atoms with Gasteiger partial charge >= 0.3 is 7.32 Å². The summed E-state index contributed by atoms with van der Waals surface area (Å²) >= 11 is 0. The van der Waals surface area contributed by atoms with Gasteiger partial charge in [-0.15, -0.1) is 0 Å². The molecule has 0 radical (unpaired) electrons. The average Bonchev–Trinajstić information content (AvgIpc) is 3.30. The van der Waals surface area contributed by atoms with Gasteiger partial charge in [-0.05, 0) is 0 Å². The molecule has 0 fully saturated rings. The fourth-order valence-electron chi connectivity index (χ4n) is 6.06. The van der Waals surface area contributed by atoms with Crippen LogP contribution in [0.5, 0.6) is 0 Å². The molecule has 0 N–H and O–H groups in total. The number of halogens is 20. The first-order chi connectivity index (χ1) is 30.8. The number of methoxy groups -OCH3 is 5. The van der Waals surface area contributed by atoms with Crippen LogP contribution in [0.2, 0.25) is 0 Å². The molecule has 3 atom stereocenters. The normalized spacial score (nSPS) is 14.0. The van der Waals surface area contributed by atoms with Gasteiger partial charge in [-0.1, -0.05) is 0 Å². The molecule has 0 heterocycles. The number of rotatable bonds is 20. The van der Waals surface area contributed by atoms with Gasteiger partial charge in [-0.3, -0.25) is 0 Å². The van der Waals surface area contributed by atoms with Crippen LogP contribution in [0.25, 0.3) is 0 Å². The summed E-state index contributed by atoms with van der Waals surface area (Å²) < 4.78 is 354. The Morgan fingerprint density at radius 2 is 0.652 bits per heavy atom. The molecule has 0 saturated carbocycles. The predicted molar refractivity (Wildman–Crippen MR) is 174 cm³/mol. The summed E-state index contributed by atoms with van der Waals surface area (Å²) in [4.78, 5) is 0. The number of ether oxygens (including phenoxy) is 6. The summed E-state index contributed by atoms with van der Waals surface area (Å²) in [6.45, 7) is -4.90. The van der Waals surface area contributed by atoms with Crippen molar-refractivity contribution in [1.82, 2.24) is 0 Å². The van der Waals surface area contributed by atoms with Crippen LogP contribution >= 0.6 is 0 Å². The second-order valence-electron chi connectivity index (χ2n) is 12.6. The summed E-state index contributed by atoms with van der Waals surface area (Å²) in [5.74, 6) is -73.2. The molecule has 30 heteroatoms. The molecule has 0 aliphatic heterocycles. The molecule has 364 valence electrons. The first-order valence-electron chi connectivity index (χ1n) is 17.1. The molecule has 4 aromatic rings. The minimum Gasteiger partial charge on any atom is -0.379 e. The lowest BCUT2D eigenvalue weighted by Crippen LogP contribution is -2.61. The van der Waals surface area contributed by atoms with Crippen molar-refractivity contribution in [3.63, 3.8) is 0 Å². The molecule has 4 rings (SSSR count). The van der Waals surface area contributed by atoms with Crippen molar-refractivity contribution in [2.45, 2.75) is 30.6 Å². The van der Waals surface area contributed by atoms with Crippen LogP contribution in [0.15, 0.2) is 0 Å². The molecule has 0 bridgehead atoms. The fraction of sp³-hybridized carbons (Fsp3) is 0.333. The number of hydrogen-bond acceptors (Lipinski definition) is 9. The minimum absolute atomic E-state index is 0.371. The first-order valence-corrected chi connectivity index (χ1v) is 17.1. The molecular weight excluding hydrogens is 967 g/mol. The van der Waals surface area contributed by atoms with Crippen molar-refractivity contribution < 1.29 is 130 Å². The van der Waals surface area contributed by atoms with E-state index in [2.05, 4.69) is 0 Å². The third kappa shape index (κ3) is 8.88. The number of benzene rings is 4. The smallest absolute Gasteiger partial charge is 0.379 e. The second-order valence-corrected chi connectivity index (χ2v) is 12.6. The summed E-state index contributed by atoms with van der Waals surface area (Å²) in [5, 5.41) is 0. The van der Waals surface area contributed by atoms with Crippen LogP contribution < -0.4 is 0 Å². The third-order valence-electron chi connectivity index (χ3n) is 9.07. The van der Waals surface area contributed by atoms with Gasteiger partial charge < -0.3 is 42.4 Å². The van der Waals surface area contributed by atoms with Gasteiger partial charge in [0.15, 0.2) is 111 Å². The minimum atomic E-state index is -5.86. The maximum absolute atomic E-state index is 16.6. The lowest BCUT2D eigenvalue weighted by Gasteiger charge is -2.50. The van der Waals surface area contributed by atoms with Gasteiger partial charge in [0.1, 0.15) is 0 Å². The highest BCUT2D eigenvalue weighted by Crippen LogP contribution is 2.57. The van der Waals surface area contributed by atoms with E-state index >= 15 is 61.5 Å². The Morgan fingerprint density at radius 1 is 0.379 bits per heavy atom. The van der Waals surface area contributed by atoms with Gasteiger partial charge in [0.25, 0.3) is 0 Å². The molecule has 0 aliphatic carbocycles. The lowest BCUT2D eigenvalue weighted by molar-refractivity contribution is -0.323. The monoisotopic (exact) mass is 990 g/mol. The van der Waals surface area contributed by atoms with E-state index in [0.717, 1.165) is 14.2 Å². The maximum Gasteiger partial charge on any atom is 0.645 e. The standard InChI is InChI=1S/C36H23BF20O9/c1-58-7-10(60-3)64-37(65-11(61-4)8-59-2)66-36(14-21(44)29(52)34(57)30(53)22(14)45,63-6-9-15(38)23(46)31(54)24(47)16(9)39)35(62-5,12-17(40)25(48)32(55)26(49)18(12)41)13-19(42)27(50)33(56)28(51)20(13)43/h10-11H,6-8H2,1-5H3. The van der Waals surface area contributed by atoms with E-state index in [1.807, 2.05) is 0 Å². The lowest BCUT2D eigenvalue weighted by atomic mass is 9.73. The van der Waals surface area contributed by atoms with Crippen molar-refractivity contribution in [1.29, 1.82) is 0 Å². The van der Waals surface area contributed by atoms with E-state index in [9.17, 15) is 26.3 Å². The van der Waals surface area contributed by atoms with Crippen molar-refractivity contribution in [3.8, 4) is 0 Å². The number of hydrogen-bond donors (Lipinski definition) is 0. The Balaban J connectivity index is 2.57. The zero-order valence-corrected chi connectivity index (χ0v) is 33.1. The van der Waals surface area contributed by atoms with Crippen LogP contribution in [0.3, 0.4) is 0 Å². The molecule has 0 aliphatic rings. The zero-order valence-electron chi connectivity index (χ0n) is 33.1. The zero-order chi connectivity index (χ0) is 50.1. The Hall–Kier alpha value is -4.82. The molecular formula is C36H23BF20O9. The van der Waals surface area contributed by atoms with E-state index in [1.165, 1.54) is 0 Å². The molecule has 66 heavy (non-hydrogen) atoms. The van der Waals surface area contributed by atoms with Crippen molar-refractivity contribution in [2.24, 2.45) is 0 Å². The van der Waals surface area contributed by atoms with Crippen LogP contribution in [0.1, 0.15) is 22.3 Å². The van der Waals surface area contributed by atoms with E-state index in [1.54, 1.807) is 0 Å². The highest BCUT2D eigenvalue weighted by molar-refractivity contribution is 6.36. The average molecular weight is 990 g/mol. The highest BCUT2D eigenvalue weighted by atomic mass is 19.2. The first kappa shape index (κ1) is 53.8. The van der Waals surface area contributed by atoms with E-state index in [4.69, 9.17) is 42.4 Å². The van der Waals surface area contributed by atoms with Crippen LogP contribution in [0.4, 0.5) is 87.8 Å². The molecule has 0 aromatic heterocycles. The second kappa shape index (κ2) is 21.0. The summed E-state index contributed by atoms with van der Waals surface area (Å²) in [7, 11) is -0.904. The highest BCUT2D eigenvalue weighted by Gasteiger charge is 2.69. The van der Waals surface area contributed by atoms with Gasteiger partial charge in [-0.25, -0.2) is 87.8 Å². The topological polar surface area (TPSA) is 83.1 Å². The molecule has 3 unspecified atom stereocenters. The van der Waals surface area contributed by atoms with Crippen LogP contribution in [0, 0.1) is 116 Å². The van der Waals surface area contributed by atoms with E-state index < -0.39 is 190 Å². The largest absolute Gasteiger partial charge is 0.645 e. The van der Waals surface area contributed by atoms with Gasteiger partial charge in [0.05, 0.1) is 42.1 Å². The summed E-state index contributed by atoms with van der Waals surface area (Å²) in [5.41, 5.74) is -18.5.